The van der Waals surface area contributed by atoms with Gasteiger partial charge in [-0.05, 0) is 26.0 Å². The average molecular weight is 268 g/mol. The molecular formula is C14H20O5. The monoisotopic (exact) mass is 268 g/mol. The molecule has 0 saturated heterocycles. The van der Waals surface area contributed by atoms with Crippen LogP contribution in [0.2, 0.25) is 0 Å². The SMILES string of the molecule is CCOC(OCC)C(=O)c1c(OC)cccc1OC. The predicted octanol–water partition coefficient (Wildman–Crippen LogP) is 2.29. The van der Waals surface area contributed by atoms with E-state index < -0.39 is 6.29 Å². The number of Topliss-reactive ketones (excluding diaryl/α,β-unsaturated/α-hetero) is 1. The normalized spacial score (nSPS) is 10.6. The van der Waals surface area contributed by atoms with Gasteiger partial charge < -0.3 is 18.9 Å². The van der Waals surface area contributed by atoms with Crippen LogP contribution in [-0.2, 0) is 9.47 Å². The summed E-state index contributed by atoms with van der Waals surface area (Å²) in [6, 6.07) is 5.15. The van der Waals surface area contributed by atoms with Crippen molar-refractivity contribution in [1.29, 1.82) is 0 Å². The fraction of sp³-hybridized carbons (Fsp3) is 0.500. The highest BCUT2D eigenvalue weighted by Crippen LogP contribution is 2.30. The van der Waals surface area contributed by atoms with Crippen LogP contribution in [0.5, 0.6) is 11.5 Å². The summed E-state index contributed by atoms with van der Waals surface area (Å²) in [5.41, 5.74) is 0.333. The minimum absolute atomic E-state index is 0.307. The number of ketones is 1. The Hall–Kier alpha value is -1.59. The molecule has 1 aromatic rings. The minimum atomic E-state index is -0.944. The molecule has 19 heavy (non-hydrogen) atoms. The van der Waals surface area contributed by atoms with Crippen molar-refractivity contribution in [2.45, 2.75) is 20.1 Å². The zero-order valence-electron chi connectivity index (χ0n) is 11.8. The summed E-state index contributed by atoms with van der Waals surface area (Å²) >= 11 is 0. The van der Waals surface area contributed by atoms with Crippen LogP contribution in [0.4, 0.5) is 0 Å². The van der Waals surface area contributed by atoms with Crippen LogP contribution < -0.4 is 9.47 Å². The van der Waals surface area contributed by atoms with Crippen molar-refractivity contribution in [3.05, 3.63) is 23.8 Å². The van der Waals surface area contributed by atoms with Gasteiger partial charge in [-0.2, -0.15) is 0 Å². The first kappa shape index (κ1) is 15.5. The van der Waals surface area contributed by atoms with Crippen molar-refractivity contribution in [2.75, 3.05) is 27.4 Å². The van der Waals surface area contributed by atoms with E-state index in [0.29, 0.717) is 30.3 Å². The third kappa shape index (κ3) is 3.68. The second-order valence-electron chi connectivity index (χ2n) is 3.64. The molecule has 0 atom stereocenters. The van der Waals surface area contributed by atoms with Gasteiger partial charge in [0.15, 0.2) is 0 Å². The molecule has 0 heterocycles. The lowest BCUT2D eigenvalue weighted by Gasteiger charge is -2.18. The zero-order valence-corrected chi connectivity index (χ0v) is 11.8. The predicted molar refractivity (Wildman–Crippen MR) is 70.9 cm³/mol. The second-order valence-corrected chi connectivity index (χ2v) is 3.64. The summed E-state index contributed by atoms with van der Waals surface area (Å²) in [5.74, 6) is 0.570. The average Bonchev–Trinajstić information content (AvgIpc) is 2.45. The van der Waals surface area contributed by atoms with Crippen molar-refractivity contribution in [3.8, 4) is 11.5 Å². The van der Waals surface area contributed by atoms with E-state index in [0.717, 1.165) is 0 Å². The highest BCUT2D eigenvalue weighted by molar-refractivity contribution is 6.03. The Kier molecular flexibility index (Phi) is 6.32. The fourth-order valence-electron chi connectivity index (χ4n) is 1.71. The van der Waals surface area contributed by atoms with Gasteiger partial charge in [-0.1, -0.05) is 6.07 Å². The van der Waals surface area contributed by atoms with Gasteiger partial charge in [0.1, 0.15) is 17.1 Å². The van der Waals surface area contributed by atoms with Crippen molar-refractivity contribution < 1.29 is 23.7 Å². The Labute approximate surface area is 113 Å². The van der Waals surface area contributed by atoms with Crippen LogP contribution in [-0.4, -0.2) is 39.5 Å². The van der Waals surface area contributed by atoms with E-state index in [4.69, 9.17) is 18.9 Å². The second kappa shape index (κ2) is 7.76. The van der Waals surface area contributed by atoms with Gasteiger partial charge in [-0.3, -0.25) is 4.79 Å². The first-order valence-corrected chi connectivity index (χ1v) is 6.17. The van der Waals surface area contributed by atoms with Gasteiger partial charge in [0.25, 0.3) is 0 Å². The molecule has 0 saturated carbocycles. The Morgan fingerprint density at radius 1 is 1.05 bits per heavy atom. The Morgan fingerprint density at radius 3 is 1.89 bits per heavy atom. The van der Waals surface area contributed by atoms with E-state index >= 15 is 0 Å². The van der Waals surface area contributed by atoms with Crippen LogP contribution >= 0.6 is 0 Å². The van der Waals surface area contributed by atoms with Gasteiger partial charge in [-0.25, -0.2) is 0 Å². The maximum absolute atomic E-state index is 12.5. The van der Waals surface area contributed by atoms with Crippen molar-refractivity contribution in [1.82, 2.24) is 0 Å². The molecule has 0 spiro atoms. The van der Waals surface area contributed by atoms with Gasteiger partial charge in [0.05, 0.1) is 14.2 Å². The molecule has 5 heteroatoms. The zero-order chi connectivity index (χ0) is 14.3. The summed E-state index contributed by atoms with van der Waals surface area (Å²) in [6.07, 6.45) is -0.944. The maximum Gasteiger partial charge on any atom is 0.226 e. The van der Waals surface area contributed by atoms with E-state index in [1.807, 2.05) is 0 Å². The molecule has 0 fully saturated rings. The van der Waals surface area contributed by atoms with Gasteiger partial charge >= 0.3 is 0 Å². The largest absolute Gasteiger partial charge is 0.496 e. The molecule has 1 rings (SSSR count). The quantitative estimate of drug-likeness (QED) is 0.535. The van der Waals surface area contributed by atoms with E-state index in [1.165, 1.54) is 14.2 Å². The van der Waals surface area contributed by atoms with Gasteiger partial charge in [0.2, 0.25) is 12.1 Å². The van der Waals surface area contributed by atoms with Crippen molar-refractivity contribution in [2.24, 2.45) is 0 Å². The smallest absolute Gasteiger partial charge is 0.226 e. The molecule has 0 aliphatic heterocycles. The van der Waals surface area contributed by atoms with E-state index in [1.54, 1.807) is 32.0 Å². The molecule has 0 N–H and O–H groups in total. The lowest BCUT2D eigenvalue weighted by molar-refractivity contribution is -0.107. The summed E-state index contributed by atoms with van der Waals surface area (Å²) < 4.78 is 21.0. The van der Waals surface area contributed by atoms with Gasteiger partial charge in [-0.15, -0.1) is 0 Å². The minimum Gasteiger partial charge on any atom is -0.496 e. The van der Waals surface area contributed by atoms with Crippen LogP contribution in [0.3, 0.4) is 0 Å². The summed E-state index contributed by atoms with van der Waals surface area (Å²) in [6.45, 7) is 4.37. The molecule has 1 aromatic carbocycles. The van der Waals surface area contributed by atoms with Crippen molar-refractivity contribution >= 4 is 5.78 Å². The van der Waals surface area contributed by atoms with Crippen LogP contribution in [0.25, 0.3) is 0 Å². The molecule has 0 aliphatic rings. The number of ether oxygens (including phenoxy) is 4. The van der Waals surface area contributed by atoms with E-state index in [2.05, 4.69) is 0 Å². The summed E-state index contributed by atoms with van der Waals surface area (Å²) in [5, 5.41) is 0. The van der Waals surface area contributed by atoms with E-state index in [9.17, 15) is 4.79 Å². The lowest BCUT2D eigenvalue weighted by Crippen LogP contribution is -2.28. The number of carbonyl (C=O) groups excluding carboxylic acids is 1. The number of hydrogen-bond acceptors (Lipinski definition) is 5. The fourth-order valence-corrected chi connectivity index (χ4v) is 1.71. The molecule has 0 aliphatic carbocycles. The maximum atomic E-state index is 12.5. The third-order valence-corrected chi connectivity index (χ3v) is 2.52. The molecule has 0 bridgehead atoms. The van der Waals surface area contributed by atoms with Crippen LogP contribution in [0, 0.1) is 0 Å². The lowest BCUT2D eigenvalue weighted by atomic mass is 10.1. The summed E-state index contributed by atoms with van der Waals surface area (Å²) in [4.78, 5) is 12.5. The van der Waals surface area contributed by atoms with Crippen LogP contribution in [0.1, 0.15) is 24.2 Å². The Morgan fingerprint density at radius 2 is 1.53 bits per heavy atom. The molecule has 0 unspecified atom stereocenters. The topological polar surface area (TPSA) is 54.0 Å². The first-order chi connectivity index (χ1) is 9.19. The standard InChI is InChI=1S/C14H20O5/c1-5-18-14(19-6-2)13(15)12-10(16-3)8-7-9-11(12)17-4/h7-9,14H,5-6H2,1-4H3. The van der Waals surface area contributed by atoms with E-state index in [-0.39, 0.29) is 5.78 Å². The van der Waals surface area contributed by atoms with Crippen molar-refractivity contribution in [3.63, 3.8) is 0 Å². The molecule has 106 valence electrons. The highest BCUT2D eigenvalue weighted by atomic mass is 16.7. The van der Waals surface area contributed by atoms with Gasteiger partial charge in [0, 0.05) is 13.2 Å². The molecule has 0 radical (unpaired) electrons. The molecular weight excluding hydrogens is 248 g/mol. The Balaban J connectivity index is 3.14. The molecule has 0 amide bonds. The first-order valence-electron chi connectivity index (χ1n) is 6.17. The third-order valence-electron chi connectivity index (χ3n) is 2.52. The Bertz CT molecular complexity index is 388. The summed E-state index contributed by atoms with van der Waals surface area (Å²) in [7, 11) is 3.00. The number of methoxy groups -OCH3 is 2. The number of hydrogen-bond donors (Lipinski definition) is 0. The molecule has 5 nitrogen and oxygen atoms in total. The highest BCUT2D eigenvalue weighted by Gasteiger charge is 2.27. The number of rotatable bonds is 8. The number of benzene rings is 1. The van der Waals surface area contributed by atoms with Crippen LogP contribution in [0.15, 0.2) is 18.2 Å². The number of carbonyl (C=O) groups is 1. The molecule has 0 aromatic heterocycles.